The fourth-order valence-corrected chi connectivity index (χ4v) is 8.48. The van der Waals surface area contributed by atoms with Gasteiger partial charge in [0.15, 0.2) is 5.17 Å². The summed E-state index contributed by atoms with van der Waals surface area (Å²) in [6.07, 6.45) is 2.76. The number of nitrogens with one attached hydrogen (secondary N) is 1. The molecular weight excluding hydrogens is 613 g/mol. The summed E-state index contributed by atoms with van der Waals surface area (Å²) in [4.78, 5) is 10.1. The van der Waals surface area contributed by atoms with Gasteiger partial charge in [0.25, 0.3) is 0 Å². The second kappa shape index (κ2) is 12.9. The van der Waals surface area contributed by atoms with Crippen molar-refractivity contribution in [3.8, 4) is 5.88 Å². The SMILES string of the molecule is COCc1cnc(OC)c2c1C[C@H]1CSC(NC(c3ccccc3)(c3ccccc3)c3ccccc3)=N[C@@]1(c1ccc(F)cc1F)C2. The molecule has 0 amide bonds. The summed E-state index contributed by atoms with van der Waals surface area (Å²) in [5.74, 6) is -0.189. The van der Waals surface area contributed by atoms with Crippen molar-refractivity contribution in [1.29, 1.82) is 0 Å². The first kappa shape index (κ1) is 31.1. The summed E-state index contributed by atoms with van der Waals surface area (Å²) in [7, 11) is 3.26. The van der Waals surface area contributed by atoms with Crippen LogP contribution in [0.1, 0.15) is 38.9 Å². The molecule has 0 bridgehead atoms. The normalized spacial score (nSPS) is 18.9. The average molecular weight is 648 g/mol. The minimum Gasteiger partial charge on any atom is -0.481 e. The van der Waals surface area contributed by atoms with Crippen LogP contribution in [0.3, 0.4) is 0 Å². The van der Waals surface area contributed by atoms with E-state index in [4.69, 9.17) is 14.5 Å². The first-order valence-electron chi connectivity index (χ1n) is 15.6. The predicted octanol–water partition coefficient (Wildman–Crippen LogP) is 7.81. The van der Waals surface area contributed by atoms with Gasteiger partial charge >= 0.3 is 0 Å². The Labute approximate surface area is 278 Å². The van der Waals surface area contributed by atoms with Crippen LogP contribution in [0, 0.1) is 17.6 Å². The van der Waals surface area contributed by atoms with Gasteiger partial charge in [0.2, 0.25) is 5.88 Å². The van der Waals surface area contributed by atoms with Crippen LogP contribution in [0.5, 0.6) is 5.88 Å². The molecule has 0 unspecified atom stereocenters. The van der Waals surface area contributed by atoms with Crippen LogP contribution < -0.4 is 10.1 Å². The van der Waals surface area contributed by atoms with Gasteiger partial charge in [0.05, 0.1) is 19.3 Å². The van der Waals surface area contributed by atoms with Crippen LogP contribution in [-0.4, -0.2) is 30.1 Å². The van der Waals surface area contributed by atoms with Gasteiger partial charge in [-0.2, -0.15) is 0 Å². The van der Waals surface area contributed by atoms with Crippen LogP contribution >= 0.6 is 11.8 Å². The molecule has 0 fully saturated rings. The summed E-state index contributed by atoms with van der Waals surface area (Å²) < 4.78 is 41.7. The van der Waals surface area contributed by atoms with Crippen molar-refractivity contribution in [3.63, 3.8) is 0 Å². The highest BCUT2D eigenvalue weighted by Gasteiger charge is 2.50. The third kappa shape index (κ3) is 5.49. The lowest BCUT2D eigenvalue weighted by Crippen LogP contribution is -2.52. The van der Waals surface area contributed by atoms with Crippen molar-refractivity contribution in [2.45, 2.75) is 30.5 Å². The number of halogens is 2. The molecular formula is C39H35F2N3O2S. The van der Waals surface area contributed by atoms with E-state index in [1.54, 1.807) is 38.2 Å². The second-order valence-electron chi connectivity index (χ2n) is 12.0. The quantitative estimate of drug-likeness (QED) is 0.174. The molecule has 8 heteroatoms. The number of aromatic nitrogens is 1. The molecule has 0 spiro atoms. The Morgan fingerprint density at radius 1 is 0.851 bits per heavy atom. The van der Waals surface area contributed by atoms with E-state index in [0.29, 0.717) is 41.8 Å². The molecule has 4 aromatic carbocycles. The van der Waals surface area contributed by atoms with Crippen molar-refractivity contribution in [3.05, 3.63) is 166 Å². The lowest BCUT2D eigenvalue weighted by atomic mass is 9.67. The number of hydrogen-bond donors (Lipinski definition) is 1. The zero-order chi connectivity index (χ0) is 32.4. The summed E-state index contributed by atoms with van der Waals surface area (Å²) in [6.45, 7) is 0.404. The third-order valence-corrected chi connectivity index (χ3v) is 10.5. The molecule has 5 nitrogen and oxygen atoms in total. The van der Waals surface area contributed by atoms with E-state index in [2.05, 4.69) is 46.7 Å². The second-order valence-corrected chi connectivity index (χ2v) is 13.0. The smallest absolute Gasteiger partial charge is 0.216 e. The number of pyridine rings is 1. The Morgan fingerprint density at radius 2 is 1.47 bits per heavy atom. The van der Waals surface area contributed by atoms with Crippen LogP contribution in [0.4, 0.5) is 8.78 Å². The van der Waals surface area contributed by atoms with Gasteiger partial charge in [0, 0.05) is 48.6 Å². The predicted molar refractivity (Wildman–Crippen MR) is 183 cm³/mol. The minimum absolute atomic E-state index is 0.0900. The summed E-state index contributed by atoms with van der Waals surface area (Å²) in [5.41, 5.74) is 4.55. The topological polar surface area (TPSA) is 55.7 Å². The number of fused-ring (bicyclic) bond motifs is 2. The highest BCUT2D eigenvalue weighted by molar-refractivity contribution is 8.13. The number of thioether (sulfide) groups is 1. The van der Waals surface area contributed by atoms with Crippen LogP contribution in [0.25, 0.3) is 0 Å². The van der Waals surface area contributed by atoms with Gasteiger partial charge in [-0.15, -0.1) is 0 Å². The van der Waals surface area contributed by atoms with Gasteiger partial charge in [-0.25, -0.2) is 13.8 Å². The van der Waals surface area contributed by atoms with Crippen molar-refractivity contribution in [2.75, 3.05) is 20.0 Å². The minimum atomic E-state index is -1.05. The molecule has 2 heterocycles. The number of nitrogens with zero attached hydrogens (tertiary/aromatic N) is 2. The molecule has 0 radical (unpaired) electrons. The van der Waals surface area contributed by atoms with E-state index in [0.717, 1.165) is 39.4 Å². The molecule has 47 heavy (non-hydrogen) atoms. The van der Waals surface area contributed by atoms with E-state index in [9.17, 15) is 4.39 Å². The maximum absolute atomic E-state index is 16.0. The zero-order valence-corrected chi connectivity index (χ0v) is 27.1. The molecule has 0 saturated heterocycles. The zero-order valence-electron chi connectivity index (χ0n) is 26.3. The van der Waals surface area contributed by atoms with E-state index in [-0.39, 0.29) is 5.92 Å². The van der Waals surface area contributed by atoms with Crippen molar-refractivity contribution in [2.24, 2.45) is 10.9 Å². The highest BCUT2D eigenvalue weighted by Crippen LogP contribution is 2.51. The number of amidine groups is 1. The number of benzene rings is 4. The molecule has 1 N–H and O–H groups in total. The van der Waals surface area contributed by atoms with Gasteiger partial charge in [-0.1, -0.05) is 109 Å². The van der Waals surface area contributed by atoms with E-state index < -0.39 is 22.7 Å². The number of methoxy groups -OCH3 is 2. The van der Waals surface area contributed by atoms with E-state index in [1.807, 2.05) is 54.6 Å². The molecule has 5 aromatic rings. The van der Waals surface area contributed by atoms with Gasteiger partial charge in [-0.05, 0) is 40.3 Å². The van der Waals surface area contributed by atoms with E-state index >= 15 is 4.39 Å². The first-order chi connectivity index (χ1) is 23.0. The molecule has 1 aromatic heterocycles. The summed E-state index contributed by atoms with van der Waals surface area (Å²) in [5, 5.41) is 4.58. The fourth-order valence-electron chi connectivity index (χ4n) is 7.28. The van der Waals surface area contributed by atoms with Crippen LogP contribution in [0.2, 0.25) is 0 Å². The van der Waals surface area contributed by atoms with Crippen LogP contribution in [-0.2, 0) is 35.3 Å². The number of hydrogen-bond acceptors (Lipinski definition) is 6. The largest absolute Gasteiger partial charge is 0.481 e. The number of ether oxygens (including phenoxy) is 2. The number of rotatable bonds is 8. The van der Waals surface area contributed by atoms with Gasteiger partial charge in [0.1, 0.15) is 17.2 Å². The molecule has 1 aliphatic carbocycles. The first-order valence-corrected chi connectivity index (χ1v) is 16.6. The maximum Gasteiger partial charge on any atom is 0.216 e. The molecule has 238 valence electrons. The van der Waals surface area contributed by atoms with Crippen molar-refractivity contribution < 1.29 is 18.3 Å². The summed E-state index contributed by atoms with van der Waals surface area (Å²) >= 11 is 1.63. The van der Waals surface area contributed by atoms with Gasteiger partial charge in [-0.3, -0.25) is 4.99 Å². The van der Waals surface area contributed by atoms with Crippen molar-refractivity contribution in [1.82, 2.24) is 10.3 Å². The Morgan fingerprint density at radius 3 is 2.02 bits per heavy atom. The Bertz CT molecular complexity index is 1810. The summed E-state index contributed by atoms with van der Waals surface area (Å²) in [6, 6.07) is 34.8. The molecule has 2 aliphatic rings. The lowest BCUT2D eigenvalue weighted by Gasteiger charge is -2.47. The standard InChI is InChI=1S/C39H35F2N3O2S/c1-45-24-26-23-42-36(46-2)33-22-38(34-19-18-31(40)21-35(34)41)30(20-32(26)33)25-47-37(43-38)44-39(27-12-6-3-7-13-27,28-14-8-4-9-15-28)29-16-10-5-11-17-29/h3-19,21,23,30H,20,22,24-25H2,1-2H3,(H,43,44)/t30-,38-/m0/s1. The maximum atomic E-state index is 16.0. The Hall–Kier alpha value is -4.53. The van der Waals surface area contributed by atoms with Crippen LogP contribution in [0.15, 0.2) is 120 Å². The molecule has 2 atom stereocenters. The third-order valence-electron chi connectivity index (χ3n) is 9.45. The Kier molecular flexibility index (Phi) is 8.55. The van der Waals surface area contributed by atoms with E-state index in [1.165, 1.54) is 6.07 Å². The van der Waals surface area contributed by atoms with Crippen molar-refractivity contribution >= 4 is 16.9 Å². The van der Waals surface area contributed by atoms with Gasteiger partial charge < -0.3 is 14.8 Å². The fraction of sp³-hybridized carbons (Fsp3) is 0.231. The monoisotopic (exact) mass is 647 g/mol. The molecule has 0 saturated carbocycles. The highest BCUT2D eigenvalue weighted by atomic mass is 32.2. The lowest BCUT2D eigenvalue weighted by molar-refractivity contribution is 0.181. The molecule has 1 aliphatic heterocycles. The average Bonchev–Trinajstić information content (AvgIpc) is 3.11. The number of aliphatic imine (C=N–C) groups is 1. The molecule has 7 rings (SSSR count). The Balaban J connectivity index is 1.45.